The number of esters is 1. The van der Waals surface area contributed by atoms with Gasteiger partial charge < -0.3 is 19.1 Å². The third-order valence-electron chi connectivity index (χ3n) is 6.34. The molecular formula is C27H27N5O4. The average Bonchev–Trinajstić information content (AvgIpc) is 3.41. The van der Waals surface area contributed by atoms with Gasteiger partial charge in [-0.2, -0.15) is 4.98 Å². The zero-order valence-corrected chi connectivity index (χ0v) is 20.3. The Labute approximate surface area is 208 Å². The molecule has 9 nitrogen and oxygen atoms in total. The van der Waals surface area contributed by atoms with Crippen LogP contribution >= 0.6 is 0 Å². The molecule has 1 fully saturated rings. The summed E-state index contributed by atoms with van der Waals surface area (Å²) in [6.07, 6.45) is 0.240. The van der Waals surface area contributed by atoms with Crippen molar-refractivity contribution in [1.82, 2.24) is 20.0 Å². The molecule has 0 bridgehead atoms. The zero-order valence-electron chi connectivity index (χ0n) is 20.3. The van der Waals surface area contributed by atoms with Gasteiger partial charge in [-0.1, -0.05) is 35.0 Å². The van der Waals surface area contributed by atoms with Gasteiger partial charge in [-0.05, 0) is 37.3 Å². The van der Waals surface area contributed by atoms with Crippen molar-refractivity contribution in [1.29, 1.82) is 0 Å². The van der Waals surface area contributed by atoms with Crippen LogP contribution in [0.1, 0.15) is 18.4 Å². The molecule has 0 saturated carbocycles. The first-order valence-electron chi connectivity index (χ1n) is 11.9. The summed E-state index contributed by atoms with van der Waals surface area (Å²) in [5, 5.41) is 5.28. The molecule has 3 heterocycles. The molecule has 36 heavy (non-hydrogen) atoms. The van der Waals surface area contributed by atoms with Crippen LogP contribution < -0.4 is 4.90 Å². The largest absolute Gasteiger partial charge is 0.469 e. The highest BCUT2D eigenvalue weighted by Crippen LogP contribution is 2.33. The summed E-state index contributed by atoms with van der Waals surface area (Å²) >= 11 is 0. The van der Waals surface area contributed by atoms with E-state index in [1.165, 1.54) is 7.11 Å². The summed E-state index contributed by atoms with van der Waals surface area (Å²) in [6.45, 7) is 4.32. The average molecular weight is 486 g/mol. The Morgan fingerprint density at radius 1 is 0.972 bits per heavy atom. The fourth-order valence-corrected chi connectivity index (χ4v) is 4.36. The number of rotatable bonds is 6. The molecule has 184 valence electrons. The summed E-state index contributed by atoms with van der Waals surface area (Å²) in [5.41, 5.74) is 3.65. The van der Waals surface area contributed by atoms with Gasteiger partial charge in [0.15, 0.2) is 0 Å². The maximum absolute atomic E-state index is 12.5. The Morgan fingerprint density at radius 3 is 2.50 bits per heavy atom. The van der Waals surface area contributed by atoms with E-state index < -0.39 is 0 Å². The number of benzene rings is 2. The predicted molar refractivity (Wildman–Crippen MR) is 135 cm³/mol. The van der Waals surface area contributed by atoms with Crippen molar-refractivity contribution in [3.63, 3.8) is 0 Å². The number of hydrogen-bond donors (Lipinski definition) is 0. The molecule has 0 unspecified atom stereocenters. The smallest absolute Gasteiger partial charge is 0.306 e. The third-order valence-corrected chi connectivity index (χ3v) is 6.34. The van der Waals surface area contributed by atoms with Crippen LogP contribution in [0.2, 0.25) is 0 Å². The molecule has 2 aromatic carbocycles. The fraction of sp³-hybridized carbons (Fsp3) is 0.296. The van der Waals surface area contributed by atoms with Crippen LogP contribution in [0.3, 0.4) is 0 Å². The first-order valence-corrected chi connectivity index (χ1v) is 11.9. The van der Waals surface area contributed by atoms with E-state index in [1.54, 1.807) is 4.90 Å². The second kappa shape index (κ2) is 10.2. The lowest BCUT2D eigenvalue weighted by Crippen LogP contribution is -2.49. The molecule has 0 radical (unpaired) electrons. The molecule has 9 heteroatoms. The minimum Gasteiger partial charge on any atom is -0.469 e. The fourth-order valence-electron chi connectivity index (χ4n) is 4.36. The van der Waals surface area contributed by atoms with Crippen molar-refractivity contribution < 1.29 is 18.8 Å². The van der Waals surface area contributed by atoms with E-state index in [0.717, 1.165) is 33.4 Å². The van der Waals surface area contributed by atoms with Crippen LogP contribution in [0.15, 0.2) is 59.1 Å². The van der Waals surface area contributed by atoms with E-state index in [4.69, 9.17) is 9.51 Å². The van der Waals surface area contributed by atoms with Gasteiger partial charge in [0.25, 0.3) is 5.89 Å². The Hall–Kier alpha value is -4.27. The number of anilines is 1. The minimum atomic E-state index is -0.378. The highest BCUT2D eigenvalue weighted by atomic mass is 16.5. The normalized spacial score (nSPS) is 13.7. The highest BCUT2D eigenvalue weighted by molar-refractivity contribution is 5.89. The lowest BCUT2D eigenvalue weighted by Gasteiger charge is -2.36. The second-order valence-corrected chi connectivity index (χ2v) is 8.79. The van der Waals surface area contributed by atoms with Gasteiger partial charge in [0.1, 0.15) is 5.82 Å². The van der Waals surface area contributed by atoms with Gasteiger partial charge in [0.05, 0.1) is 24.6 Å². The molecule has 0 aliphatic carbocycles. The van der Waals surface area contributed by atoms with Crippen molar-refractivity contribution in [3.05, 3.63) is 60.2 Å². The topological polar surface area (TPSA) is 102 Å². The molecule has 0 spiro atoms. The predicted octanol–water partition coefficient (Wildman–Crippen LogP) is 3.86. The number of carbonyl (C=O) groups excluding carboxylic acids is 2. The number of amides is 1. The van der Waals surface area contributed by atoms with E-state index in [0.29, 0.717) is 37.9 Å². The SMILES string of the molecule is COC(=O)CCC(=O)N1CCN(c2nc3ccc(C)cc3cc2-c2noc(-c3ccccc3)n2)CC1. The van der Waals surface area contributed by atoms with Crippen molar-refractivity contribution in [3.8, 4) is 22.8 Å². The molecule has 4 aromatic rings. The van der Waals surface area contributed by atoms with Crippen molar-refractivity contribution in [2.75, 3.05) is 38.2 Å². The summed E-state index contributed by atoms with van der Waals surface area (Å²) in [5.74, 6) is 1.25. The van der Waals surface area contributed by atoms with Crippen LogP contribution in [-0.4, -0.2) is 65.2 Å². The molecule has 2 aromatic heterocycles. The van der Waals surface area contributed by atoms with Crippen LogP contribution in [0.5, 0.6) is 0 Å². The lowest BCUT2D eigenvalue weighted by molar-refractivity contribution is -0.143. The molecule has 5 rings (SSSR count). The van der Waals surface area contributed by atoms with Crippen LogP contribution in [0, 0.1) is 6.92 Å². The number of nitrogens with zero attached hydrogens (tertiary/aromatic N) is 5. The first kappa shape index (κ1) is 23.5. The van der Waals surface area contributed by atoms with E-state index in [-0.39, 0.29) is 24.7 Å². The molecule has 1 amide bonds. The van der Waals surface area contributed by atoms with Crippen LogP contribution in [0.4, 0.5) is 5.82 Å². The van der Waals surface area contributed by atoms with E-state index in [2.05, 4.69) is 31.9 Å². The van der Waals surface area contributed by atoms with Crippen molar-refractivity contribution in [2.45, 2.75) is 19.8 Å². The number of aromatic nitrogens is 3. The second-order valence-electron chi connectivity index (χ2n) is 8.79. The standard InChI is InChI=1S/C27H27N5O4/c1-18-8-9-22-20(16-18)17-21(25-29-27(36-30-25)19-6-4-3-5-7-19)26(28-22)32-14-12-31(13-15-32)23(33)10-11-24(34)35-2/h3-9,16-17H,10-15H2,1-2H3. The van der Waals surface area contributed by atoms with Gasteiger partial charge in [-0.3, -0.25) is 9.59 Å². The molecule has 1 saturated heterocycles. The number of piperazine rings is 1. The molecular weight excluding hydrogens is 458 g/mol. The van der Waals surface area contributed by atoms with E-state index >= 15 is 0 Å². The van der Waals surface area contributed by atoms with Crippen LogP contribution in [0.25, 0.3) is 33.7 Å². The van der Waals surface area contributed by atoms with Crippen molar-refractivity contribution in [2.24, 2.45) is 0 Å². The van der Waals surface area contributed by atoms with Gasteiger partial charge in [-0.25, -0.2) is 4.98 Å². The number of aryl methyl sites for hydroxylation is 1. The van der Waals surface area contributed by atoms with Gasteiger partial charge in [0, 0.05) is 43.5 Å². The Balaban J connectivity index is 1.43. The van der Waals surface area contributed by atoms with E-state index in [1.807, 2.05) is 49.4 Å². The number of fused-ring (bicyclic) bond motifs is 1. The summed E-state index contributed by atoms with van der Waals surface area (Å²) in [4.78, 5) is 37.5. The quantitative estimate of drug-likeness (QED) is 0.380. The maximum atomic E-state index is 12.5. The number of carbonyl (C=O) groups is 2. The maximum Gasteiger partial charge on any atom is 0.306 e. The molecule has 0 atom stereocenters. The minimum absolute atomic E-state index is 0.0482. The Kier molecular flexibility index (Phi) is 6.62. The van der Waals surface area contributed by atoms with Gasteiger partial charge in [0.2, 0.25) is 11.7 Å². The zero-order chi connectivity index (χ0) is 25.1. The summed E-state index contributed by atoms with van der Waals surface area (Å²) < 4.78 is 10.2. The number of ether oxygens (including phenoxy) is 1. The summed E-state index contributed by atoms with van der Waals surface area (Å²) in [6, 6.07) is 17.8. The Bertz CT molecular complexity index is 1390. The van der Waals surface area contributed by atoms with Crippen molar-refractivity contribution >= 4 is 28.6 Å². The molecule has 1 aliphatic heterocycles. The summed E-state index contributed by atoms with van der Waals surface area (Å²) in [7, 11) is 1.33. The number of hydrogen-bond acceptors (Lipinski definition) is 8. The van der Waals surface area contributed by atoms with Gasteiger partial charge >= 0.3 is 5.97 Å². The first-order chi connectivity index (χ1) is 17.5. The van der Waals surface area contributed by atoms with Gasteiger partial charge in [-0.15, -0.1) is 0 Å². The monoisotopic (exact) mass is 485 g/mol. The highest BCUT2D eigenvalue weighted by Gasteiger charge is 2.26. The number of pyridine rings is 1. The third kappa shape index (κ3) is 4.91. The molecule has 1 aliphatic rings. The van der Waals surface area contributed by atoms with Crippen LogP contribution in [-0.2, 0) is 14.3 Å². The Morgan fingerprint density at radius 2 is 1.75 bits per heavy atom. The lowest BCUT2D eigenvalue weighted by atomic mass is 10.1. The van der Waals surface area contributed by atoms with E-state index in [9.17, 15) is 9.59 Å². The molecule has 0 N–H and O–H groups in total. The number of methoxy groups -OCH3 is 1.